The normalized spacial score (nSPS) is 14.3. The summed E-state index contributed by atoms with van der Waals surface area (Å²) in [5.74, 6) is -0.524. The lowest BCUT2D eigenvalue weighted by Gasteiger charge is -2.22. The lowest BCUT2D eigenvalue weighted by Crippen LogP contribution is -2.36. The van der Waals surface area contributed by atoms with Crippen LogP contribution in [0.3, 0.4) is 0 Å². The molecule has 0 saturated heterocycles. The van der Waals surface area contributed by atoms with E-state index in [2.05, 4.69) is 5.32 Å². The van der Waals surface area contributed by atoms with Crippen molar-refractivity contribution in [3.8, 4) is 17.6 Å². The molecular weight excluding hydrogens is 408 g/mol. The number of benzene rings is 2. The highest BCUT2D eigenvalue weighted by atomic mass is 16.5. The summed E-state index contributed by atoms with van der Waals surface area (Å²) in [5, 5.41) is 21.6. The van der Waals surface area contributed by atoms with Crippen molar-refractivity contribution in [2.75, 3.05) is 7.11 Å². The molecule has 0 spiro atoms. The van der Waals surface area contributed by atoms with Crippen LogP contribution in [0.15, 0.2) is 48.0 Å². The summed E-state index contributed by atoms with van der Waals surface area (Å²) in [7, 11) is 1.51. The molecule has 2 aromatic carbocycles. The average molecular weight is 434 g/mol. The van der Waals surface area contributed by atoms with Crippen LogP contribution >= 0.6 is 0 Å². The van der Waals surface area contributed by atoms with Crippen LogP contribution in [0, 0.1) is 11.3 Å². The second kappa shape index (κ2) is 11.0. The van der Waals surface area contributed by atoms with Crippen LogP contribution in [0.4, 0.5) is 0 Å². The van der Waals surface area contributed by atoms with E-state index in [4.69, 9.17) is 14.6 Å². The van der Waals surface area contributed by atoms with Crippen molar-refractivity contribution < 1.29 is 24.2 Å². The zero-order valence-corrected chi connectivity index (χ0v) is 18.0. The zero-order valence-electron chi connectivity index (χ0n) is 18.0. The number of nitrogens with one attached hydrogen (secondary N) is 1. The molecule has 1 amide bonds. The molecule has 0 aromatic heterocycles. The van der Waals surface area contributed by atoms with Crippen molar-refractivity contribution in [3.05, 3.63) is 64.7 Å². The fourth-order valence-corrected chi connectivity index (χ4v) is 3.67. The summed E-state index contributed by atoms with van der Waals surface area (Å²) >= 11 is 0. The number of carbonyl (C=O) groups excluding carboxylic acids is 1. The van der Waals surface area contributed by atoms with E-state index >= 15 is 0 Å². The van der Waals surface area contributed by atoms with Gasteiger partial charge >= 0.3 is 5.97 Å². The molecule has 0 radical (unpaired) electrons. The maximum Gasteiger partial charge on any atom is 0.335 e. The van der Waals surface area contributed by atoms with Crippen molar-refractivity contribution in [1.29, 1.82) is 5.26 Å². The van der Waals surface area contributed by atoms with E-state index < -0.39 is 11.9 Å². The molecule has 7 heteroatoms. The molecule has 2 N–H and O–H groups in total. The predicted molar refractivity (Wildman–Crippen MR) is 119 cm³/mol. The summed E-state index contributed by atoms with van der Waals surface area (Å²) in [6, 6.07) is 13.7. The number of rotatable bonds is 8. The summed E-state index contributed by atoms with van der Waals surface area (Å²) in [6.45, 7) is 0.164. The molecule has 2 aromatic rings. The molecule has 1 fully saturated rings. The standard InChI is InChI=1S/C25H26N2O5/c1-31-22-9-5-6-19(14-20(15-26)24(28)27-21-7-3-2-4-8-21)23(22)32-16-17-10-12-18(13-11-17)25(29)30/h5-6,9-14,21H,2-4,7-8,16H2,1H3,(H,27,28)(H,29,30)/b20-14-. The third-order valence-electron chi connectivity index (χ3n) is 5.42. The van der Waals surface area contributed by atoms with Gasteiger partial charge in [0.2, 0.25) is 0 Å². The van der Waals surface area contributed by atoms with Gasteiger partial charge in [0, 0.05) is 11.6 Å². The Bertz CT molecular complexity index is 1030. The van der Waals surface area contributed by atoms with E-state index in [1.54, 1.807) is 30.3 Å². The highest BCUT2D eigenvalue weighted by Gasteiger charge is 2.19. The average Bonchev–Trinajstić information content (AvgIpc) is 2.82. The third kappa shape index (κ3) is 5.88. The Balaban J connectivity index is 1.80. The first-order valence-corrected chi connectivity index (χ1v) is 10.6. The number of para-hydroxylation sites is 1. The number of hydrogen-bond donors (Lipinski definition) is 2. The first-order valence-electron chi connectivity index (χ1n) is 10.6. The molecule has 0 aliphatic heterocycles. The van der Waals surface area contributed by atoms with Gasteiger partial charge in [0.1, 0.15) is 18.2 Å². The number of hydrogen-bond acceptors (Lipinski definition) is 5. The van der Waals surface area contributed by atoms with E-state index in [1.807, 2.05) is 6.07 Å². The van der Waals surface area contributed by atoms with Gasteiger partial charge in [0.25, 0.3) is 5.91 Å². The third-order valence-corrected chi connectivity index (χ3v) is 5.42. The summed E-state index contributed by atoms with van der Waals surface area (Å²) < 4.78 is 11.4. The minimum absolute atomic E-state index is 0.000474. The Morgan fingerprint density at radius 2 is 1.88 bits per heavy atom. The van der Waals surface area contributed by atoms with Crippen molar-refractivity contribution in [1.82, 2.24) is 5.32 Å². The molecular formula is C25H26N2O5. The number of carboxylic acid groups (broad SMARTS) is 1. The second-order valence-corrected chi connectivity index (χ2v) is 7.65. The molecule has 1 saturated carbocycles. The SMILES string of the molecule is COc1cccc(/C=C(/C#N)C(=O)NC2CCCCC2)c1OCc1ccc(C(=O)O)cc1. The number of carbonyl (C=O) groups is 2. The molecule has 1 aliphatic carbocycles. The van der Waals surface area contributed by atoms with E-state index in [0.29, 0.717) is 17.1 Å². The van der Waals surface area contributed by atoms with Gasteiger partial charge in [0.05, 0.1) is 12.7 Å². The van der Waals surface area contributed by atoms with Crippen molar-refractivity contribution in [3.63, 3.8) is 0 Å². The number of nitriles is 1. The van der Waals surface area contributed by atoms with Gasteiger partial charge in [0.15, 0.2) is 11.5 Å². The van der Waals surface area contributed by atoms with Gasteiger partial charge in [-0.25, -0.2) is 4.79 Å². The maximum atomic E-state index is 12.7. The van der Waals surface area contributed by atoms with Crippen LogP contribution in [-0.4, -0.2) is 30.1 Å². The van der Waals surface area contributed by atoms with E-state index in [9.17, 15) is 14.9 Å². The molecule has 7 nitrogen and oxygen atoms in total. The molecule has 0 atom stereocenters. The van der Waals surface area contributed by atoms with E-state index in [-0.39, 0.29) is 23.8 Å². The fourth-order valence-electron chi connectivity index (χ4n) is 3.67. The van der Waals surface area contributed by atoms with Crippen LogP contribution in [0.2, 0.25) is 0 Å². The summed E-state index contributed by atoms with van der Waals surface area (Å²) in [4.78, 5) is 23.7. The number of nitrogens with zero attached hydrogens (tertiary/aromatic N) is 1. The molecule has 0 bridgehead atoms. The number of aromatic carboxylic acids is 1. The number of methoxy groups -OCH3 is 1. The molecule has 0 unspecified atom stereocenters. The van der Waals surface area contributed by atoms with Crippen LogP contribution in [-0.2, 0) is 11.4 Å². The number of carboxylic acids is 1. The quantitative estimate of drug-likeness (QED) is 0.473. The van der Waals surface area contributed by atoms with Gasteiger partial charge in [-0.3, -0.25) is 4.79 Å². The van der Waals surface area contributed by atoms with Gasteiger partial charge in [-0.05, 0) is 42.7 Å². The number of amides is 1. The fraction of sp³-hybridized carbons (Fsp3) is 0.320. The van der Waals surface area contributed by atoms with Gasteiger partial charge in [-0.1, -0.05) is 43.5 Å². The number of ether oxygens (including phenoxy) is 2. The molecule has 0 heterocycles. The molecule has 3 rings (SSSR count). The van der Waals surface area contributed by atoms with Gasteiger partial charge in [-0.15, -0.1) is 0 Å². The Hall–Kier alpha value is -3.79. The zero-order chi connectivity index (χ0) is 22.9. The molecule has 1 aliphatic rings. The smallest absolute Gasteiger partial charge is 0.335 e. The Morgan fingerprint density at radius 1 is 1.16 bits per heavy atom. The highest BCUT2D eigenvalue weighted by molar-refractivity contribution is 6.02. The predicted octanol–water partition coefficient (Wildman–Crippen LogP) is 4.33. The van der Waals surface area contributed by atoms with Crippen LogP contribution in [0.1, 0.15) is 53.6 Å². The van der Waals surface area contributed by atoms with Crippen molar-refractivity contribution >= 4 is 18.0 Å². The van der Waals surface area contributed by atoms with Gasteiger partial charge < -0.3 is 19.9 Å². The van der Waals surface area contributed by atoms with Crippen molar-refractivity contribution in [2.24, 2.45) is 0 Å². The molecule has 166 valence electrons. The Morgan fingerprint density at radius 3 is 2.50 bits per heavy atom. The second-order valence-electron chi connectivity index (χ2n) is 7.65. The lowest BCUT2D eigenvalue weighted by atomic mass is 9.95. The summed E-state index contributed by atoms with van der Waals surface area (Å²) in [5.41, 5.74) is 1.50. The lowest BCUT2D eigenvalue weighted by molar-refractivity contribution is -0.117. The molecule has 32 heavy (non-hydrogen) atoms. The van der Waals surface area contributed by atoms with Crippen molar-refractivity contribution in [2.45, 2.75) is 44.8 Å². The van der Waals surface area contributed by atoms with Crippen LogP contribution in [0.25, 0.3) is 6.08 Å². The minimum atomic E-state index is -0.995. The van der Waals surface area contributed by atoms with E-state index in [1.165, 1.54) is 31.7 Å². The maximum absolute atomic E-state index is 12.7. The van der Waals surface area contributed by atoms with Crippen LogP contribution < -0.4 is 14.8 Å². The van der Waals surface area contributed by atoms with Gasteiger partial charge in [-0.2, -0.15) is 5.26 Å². The monoisotopic (exact) mass is 434 g/mol. The Kier molecular flexibility index (Phi) is 7.87. The minimum Gasteiger partial charge on any atom is -0.493 e. The largest absolute Gasteiger partial charge is 0.493 e. The highest BCUT2D eigenvalue weighted by Crippen LogP contribution is 2.33. The van der Waals surface area contributed by atoms with Crippen LogP contribution in [0.5, 0.6) is 11.5 Å². The topological polar surface area (TPSA) is 109 Å². The summed E-state index contributed by atoms with van der Waals surface area (Å²) in [6.07, 6.45) is 6.70. The Labute approximate surface area is 187 Å². The van der Waals surface area contributed by atoms with E-state index in [0.717, 1.165) is 31.2 Å². The first kappa shape index (κ1) is 22.9. The first-order chi connectivity index (χ1) is 15.5.